The van der Waals surface area contributed by atoms with E-state index in [1.165, 1.54) is 5.56 Å². The summed E-state index contributed by atoms with van der Waals surface area (Å²) in [6.45, 7) is 6.40. The average Bonchev–Trinajstić information content (AvgIpc) is 2.18. The standard InChI is InChI=1S/C13H21NO/c1-10(2)6-7-12(15)9-13-11(3)5-4-8-14-13/h4-5,8,10,12,15H,6-7,9H2,1-3H3. The first-order valence-corrected chi connectivity index (χ1v) is 5.68. The third kappa shape index (κ3) is 4.43. The van der Waals surface area contributed by atoms with Crippen LogP contribution in [-0.2, 0) is 6.42 Å². The van der Waals surface area contributed by atoms with Crippen LogP contribution >= 0.6 is 0 Å². The molecule has 0 aliphatic heterocycles. The Balaban J connectivity index is 2.44. The Labute approximate surface area is 92.4 Å². The molecule has 0 bridgehead atoms. The summed E-state index contributed by atoms with van der Waals surface area (Å²) in [4.78, 5) is 4.29. The number of aliphatic hydroxyl groups is 1. The van der Waals surface area contributed by atoms with Gasteiger partial charge in [0.05, 0.1) is 6.10 Å². The van der Waals surface area contributed by atoms with Crippen molar-refractivity contribution in [2.24, 2.45) is 5.92 Å². The summed E-state index contributed by atoms with van der Waals surface area (Å²) in [6.07, 6.45) is 4.17. The lowest BCUT2D eigenvalue weighted by Gasteiger charge is -2.12. The van der Waals surface area contributed by atoms with E-state index in [-0.39, 0.29) is 6.10 Å². The summed E-state index contributed by atoms with van der Waals surface area (Å²) in [5, 5.41) is 9.84. The van der Waals surface area contributed by atoms with E-state index in [0.717, 1.165) is 18.5 Å². The van der Waals surface area contributed by atoms with Crippen molar-refractivity contribution >= 4 is 0 Å². The van der Waals surface area contributed by atoms with Crippen LogP contribution < -0.4 is 0 Å². The fourth-order valence-electron chi connectivity index (χ4n) is 1.58. The minimum atomic E-state index is -0.249. The quantitative estimate of drug-likeness (QED) is 0.805. The molecule has 1 N–H and O–H groups in total. The summed E-state index contributed by atoms with van der Waals surface area (Å²) in [5.74, 6) is 0.657. The van der Waals surface area contributed by atoms with Crippen LogP contribution in [0.2, 0.25) is 0 Å². The lowest BCUT2D eigenvalue weighted by Crippen LogP contribution is -2.13. The second-order valence-corrected chi connectivity index (χ2v) is 4.60. The van der Waals surface area contributed by atoms with E-state index in [1.54, 1.807) is 6.20 Å². The number of hydrogen-bond donors (Lipinski definition) is 1. The first kappa shape index (κ1) is 12.2. The van der Waals surface area contributed by atoms with Gasteiger partial charge in [-0.1, -0.05) is 19.9 Å². The van der Waals surface area contributed by atoms with Gasteiger partial charge < -0.3 is 5.11 Å². The summed E-state index contributed by atoms with van der Waals surface area (Å²) < 4.78 is 0. The van der Waals surface area contributed by atoms with Crippen LogP contribution in [-0.4, -0.2) is 16.2 Å². The van der Waals surface area contributed by atoms with E-state index in [0.29, 0.717) is 12.3 Å². The summed E-state index contributed by atoms with van der Waals surface area (Å²) in [7, 11) is 0. The lowest BCUT2D eigenvalue weighted by molar-refractivity contribution is 0.155. The highest BCUT2D eigenvalue weighted by Gasteiger charge is 2.09. The van der Waals surface area contributed by atoms with Crippen molar-refractivity contribution in [2.75, 3.05) is 0 Å². The van der Waals surface area contributed by atoms with Gasteiger partial charge in [0, 0.05) is 18.3 Å². The molecule has 2 nitrogen and oxygen atoms in total. The molecule has 1 unspecified atom stereocenters. The zero-order valence-electron chi connectivity index (χ0n) is 9.90. The predicted molar refractivity (Wildman–Crippen MR) is 62.8 cm³/mol. The molecule has 0 aliphatic carbocycles. The Hall–Kier alpha value is -0.890. The van der Waals surface area contributed by atoms with Gasteiger partial charge in [-0.2, -0.15) is 0 Å². The van der Waals surface area contributed by atoms with E-state index in [1.807, 2.05) is 19.1 Å². The number of pyridine rings is 1. The smallest absolute Gasteiger partial charge is 0.0595 e. The molecule has 0 saturated carbocycles. The molecule has 1 heterocycles. The molecule has 84 valence electrons. The molecule has 1 aromatic rings. The third-order valence-electron chi connectivity index (χ3n) is 2.62. The van der Waals surface area contributed by atoms with Gasteiger partial charge in [0.25, 0.3) is 0 Å². The second-order valence-electron chi connectivity index (χ2n) is 4.60. The molecule has 0 spiro atoms. The van der Waals surface area contributed by atoms with Crippen LogP contribution in [0.4, 0.5) is 0 Å². The van der Waals surface area contributed by atoms with E-state index in [9.17, 15) is 5.11 Å². The van der Waals surface area contributed by atoms with Crippen molar-refractivity contribution < 1.29 is 5.11 Å². The first-order chi connectivity index (χ1) is 7.09. The number of hydrogen-bond acceptors (Lipinski definition) is 2. The number of nitrogens with zero attached hydrogens (tertiary/aromatic N) is 1. The van der Waals surface area contributed by atoms with Gasteiger partial charge in [-0.05, 0) is 37.3 Å². The predicted octanol–water partition coefficient (Wildman–Crippen LogP) is 2.73. The molecule has 0 aromatic carbocycles. The molecule has 2 heteroatoms. The molecule has 0 fully saturated rings. The van der Waals surface area contributed by atoms with Gasteiger partial charge in [-0.15, -0.1) is 0 Å². The summed E-state index contributed by atoms with van der Waals surface area (Å²) >= 11 is 0. The lowest BCUT2D eigenvalue weighted by atomic mass is 10.0. The average molecular weight is 207 g/mol. The fourth-order valence-corrected chi connectivity index (χ4v) is 1.58. The van der Waals surface area contributed by atoms with Gasteiger partial charge in [0.2, 0.25) is 0 Å². The maximum atomic E-state index is 9.84. The Bertz CT molecular complexity index is 296. The molecule has 1 rings (SSSR count). The Kier molecular flexibility index (Phi) is 4.76. The second kappa shape index (κ2) is 5.86. The maximum absolute atomic E-state index is 9.84. The molecule has 0 aliphatic rings. The van der Waals surface area contributed by atoms with E-state index >= 15 is 0 Å². The van der Waals surface area contributed by atoms with Crippen molar-refractivity contribution in [3.63, 3.8) is 0 Å². The van der Waals surface area contributed by atoms with Crippen molar-refractivity contribution in [1.82, 2.24) is 4.98 Å². The Morgan fingerprint density at radius 3 is 2.67 bits per heavy atom. The van der Waals surface area contributed by atoms with Crippen LogP contribution in [0.5, 0.6) is 0 Å². The molecular weight excluding hydrogens is 186 g/mol. The third-order valence-corrected chi connectivity index (χ3v) is 2.62. The monoisotopic (exact) mass is 207 g/mol. The molecule has 0 amide bonds. The highest BCUT2D eigenvalue weighted by atomic mass is 16.3. The number of aromatic nitrogens is 1. The largest absolute Gasteiger partial charge is 0.393 e. The van der Waals surface area contributed by atoms with Crippen LogP contribution in [0, 0.1) is 12.8 Å². The highest BCUT2D eigenvalue weighted by molar-refractivity contribution is 5.18. The number of aryl methyl sites for hydroxylation is 1. The SMILES string of the molecule is Cc1cccnc1CC(O)CCC(C)C. The van der Waals surface area contributed by atoms with Crippen LogP contribution in [0.15, 0.2) is 18.3 Å². The van der Waals surface area contributed by atoms with Crippen LogP contribution in [0.25, 0.3) is 0 Å². The fraction of sp³-hybridized carbons (Fsp3) is 0.615. The van der Waals surface area contributed by atoms with Gasteiger partial charge in [0.1, 0.15) is 0 Å². The van der Waals surface area contributed by atoms with Gasteiger partial charge in [0.15, 0.2) is 0 Å². The van der Waals surface area contributed by atoms with Crippen LogP contribution in [0.3, 0.4) is 0 Å². The zero-order chi connectivity index (χ0) is 11.3. The van der Waals surface area contributed by atoms with Gasteiger partial charge >= 0.3 is 0 Å². The van der Waals surface area contributed by atoms with E-state index in [4.69, 9.17) is 0 Å². The minimum absolute atomic E-state index is 0.249. The molecule has 0 radical (unpaired) electrons. The highest BCUT2D eigenvalue weighted by Crippen LogP contribution is 2.12. The number of rotatable bonds is 5. The van der Waals surface area contributed by atoms with Crippen LogP contribution in [0.1, 0.15) is 37.9 Å². The molecular formula is C13H21NO. The summed E-state index contributed by atoms with van der Waals surface area (Å²) in [6, 6.07) is 3.97. The molecule has 15 heavy (non-hydrogen) atoms. The van der Waals surface area contributed by atoms with E-state index < -0.39 is 0 Å². The summed E-state index contributed by atoms with van der Waals surface area (Å²) in [5.41, 5.74) is 2.19. The van der Waals surface area contributed by atoms with Gasteiger partial charge in [-0.3, -0.25) is 4.98 Å². The Morgan fingerprint density at radius 1 is 1.33 bits per heavy atom. The van der Waals surface area contributed by atoms with Crippen molar-refractivity contribution in [3.05, 3.63) is 29.6 Å². The van der Waals surface area contributed by atoms with Crippen molar-refractivity contribution in [1.29, 1.82) is 0 Å². The van der Waals surface area contributed by atoms with Gasteiger partial charge in [-0.25, -0.2) is 0 Å². The topological polar surface area (TPSA) is 33.1 Å². The minimum Gasteiger partial charge on any atom is -0.393 e. The normalized spacial score (nSPS) is 13.1. The van der Waals surface area contributed by atoms with Crippen molar-refractivity contribution in [2.45, 2.75) is 46.1 Å². The first-order valence-electron chi connectivity index (χ1n) is 5.68. The Morgan fingerprint density at radius 2 is 2.07 bits per heavy atom. The molecule has 1 aromatic heterocycles. The maximum Gasteiger partial charge on any atom is 0.0595 e. The number of aliphatic hydroxyl groups excluding tert-OH is 1. The van der Waals surface area contributed by atoms with Crippen molar-refractivity contribution in [3.8, 4) is 0 Å². The molecule has 0 saturated heterocycles. The zero-order valence-corrected chi connectivity index (χ0v) is 9.90. The molecule has 1 atom stereocenters. The van der Waals surface area contributed by atoms with E-state index in [2.05, 4.69) is 18.8 Å².